The molecular formula is C17H19N5O2. The number of anilines is 1. The molecule has 1 aliphatic rings. The number of nitrogens with zero attached hydrogens (tertiary/aromatic N) is 3. The molecule has 3 rings (SSSR count). The minimum absolute atomic E-state index is 0.0848. The second-order valence-corrected chi connectivity index (χ2v) is 5.74. The maximum atomic E-state index is 11.5. The molecule has 3 heterocycles. The van der Waals surface area contributed by atoms with Gasteiger partial charge in [0, 0.05) is 49.7 Å². The lowest BCUT2D eigenvalue weighted by Gasteiger charge is -2.27. The van der Waals surface area contributed by atoms with Crippen LogP contribution in [0.15, 0.2) is 30.7 Å². The van der Waals surface area contributed by atoms with Crippen molar-refractivity contribution in [2.24, 2.45) is 5.73 Å². The minimum Gasteiger partial charge on any atom is -0.352 e. The maximum absolute atomic E-state index is 11.5. The molecule has 0 spiro atoms. The summed E-state index contributed by atoms with van der Waals surface area (Å²) in [5.41, 5.74) is 9.20. The van der Waals surface area contributed by atoms with Gasteiger partial charge in [-0.2, -0.15) is 0 Å². The number of hydrogen-bond acceptors (Lipinski definition) is 4. The summed E-state index contributed by atoms with van der Waals surface area (Å²) in [6.45, 7) is 2.51. The minimum atomic E-state index is -0.482. The third-order valence-corrected chi connectivity index (χ3v) is 4.04. The van der Waals surface area contributed by atoms with Crippen LogP contribution in [0.5, 0.6) is 0 Å². The summed E-state index contributed by atoms with van der Waals surface area (Å²) in [6.07, 6.45) is 6.87. The predicted molar refractivity (Wildman–Crippen MR) is 90.2 cm³/mol. The molecule has 0 atom stereocenters. The summed E-state index contributed by atoms with van der Waals surface area (Å²) < 4.78 is 0. The van der Waals surface area contributed by atoms with Crippen LogP contribution in [-0.4, -0.2) is 28.5 Å². The smallest absolute Gasteiger partial charge is 0.320 e. The van der Waals surface area contributed by atoms with Crippen molar-refractivity contribution in [2.45, 2.75) is 26.3 Å². The van der Waals surface area contributed by atoms with E-state index in [9.17, 15) is 9.59 Å². The van der Waals surface area contributed by atoms with Crippen LogP contribution in [0.1, 0.15) is 24.5 Å². The Balaban J connectivity index is 1.97. The Morgan fingerprint density at radius 2 is 2.21 bits per heavy atom. The summed E-state index contributed by atoms with van der Waals surface area (Å²) in [5.74, 6) is 0.545. The largest absolute Gasteiger partial charge is 0.352 e. The lowest BCUT2D eigenvalue weighted by molar-refractivity contribution is -0.119. The fourth-order valence-electron chi connectivity index (χ4n) is 2.88. The molecule has 0 saturated heterocycles. The summed E-state index contributed by atoms with van der Waals surface area (Å²) in [4.78, 5) is 32.8. The first-order chi connectivity index (χ1) is 11.6. The summed E-state index contributed by atoms with van der Waals surface area (Å²) in [7, 11) is 0. The highest BCUT2D eigenvalue weighted by Gasteiger charge is 2.22. The fourth-order valence-corrected chi connectivity index (χ4v) is 2.88. The van der Waals surface area contributed by atoms with E-state index in [1.807, 2.05) is 12.1 Å². The van der Waals surface area contributed by atoms with Gasteiger partial charge in [-0.15, -0.1) is 0 Å². The molecule has 0 fully saturated rings. The molecule has 0 radical (unpaired) electrons. The molecule has 7 nitrogen and oxygen atoms in total. The zero-order valence-electron chi connectivity index (χ0n) is 13.5. The highest BCUT2D eigenvalue weighted by Crippen LogP contribution is 2.30. The molecule has 0 aromatic carbocycles. The van der Waals surface area contributed by atoms with Gasteiger partial charge in [-0.3, -0.25) is 14.7 Å². The zero-order valence-corrected chi connectivity index (χ0v) is 13.5. The van der Waals surface area contributed by atoms with Gasteiger partial charge in [-0.1, -0.05) is 0 Å². The van der Waals surface area contributed by atoms with E-state index in [-0.39, 0.29) is 5.91 Å². The normalized spacial score (nSPS) is 13.3. The van der Waals surface area contributed by atoms with Crippen LogP contribution in [0, 0.1) is 0 Å². The van der Waals surface area contributed by atoms with E-state index in [4.69, 9.17) is 5.73 Å². The first-order valence-electron chi connectivity index (χ1n) is 7.80. The average molecular weight is 325 g/mol. The molecule has 1 aliphatic heterocycles. The summed E-state index contributed by atoms with van der Waals surface area (Å²) >= 11 is 0. The van der Waals surface area contributed by atoms with Crippen molar-refractivity contribution in [3.05, 3.63) is 41.9 Å². The SMILES string of the molecule is CC(=O)NCc1ccncc1-c1cnc2c(c1)CCCN2C(N)=O. The molecule has 24 heavy (non-hydrogen) atoms. The van der Waals surface area contributed by atoms with E-state index in [0.29, 0.717) is 18.9 Å². The number of hydrogen-bond donors (Lipinski definition) is 2. The van der Waals surface area contributed by atoms with Crippen molar-refractivity contribution in [3.63, 3.8) is 0 Å². The highest BCUT2D eigenvalue weighted by atomic mass is 16.2. The maximum Gasteiger partial charge on any atom is 0.320 e. The van der Waals surface area contributed by atoms with Gasteiger partial charge in [0.25, 0.3) is 0 Å². The van der Waals surface area contributed by atoms with Crippen molar-refractivity contribution < 1.29 is 9.59 Å². The molecule has 0 bridgehead atoms. The van der Waals surface area contributed by atoms with E-state index < -0.39 is 6.03 Å². The molecule has 2 aromatic rings. The standard InChI is InChI=1S/C17H19N5O2/c1-11(23)20-8-13-4-5-19-10-15(13)14-7-12-3-2-6-22(17(18)24)16(12)21-9-14/h4-5,7,9-10H,2-3,6,8H2,1H3,(H2,18,24)(H,20,23). The van der Waals surface area contributed by atoms with Gasteiger partial charge in [-0.05, 0) is 36.1 Å². The number of rotatable bonds is 3. The highest BCUT2D eigenvalue weighted by molar-refractivity contribution is 5.91. The van der Waals surface area contributed by atoms with Crippen LogP contribution < -0.4 is 16.0 Å². The monoisotopic (exact) mass is 325 g/mol. The molecular weight excluding hydrogens is 306 g/mol. The molecule has 7 heteroatoms. The van der Waals surface area contributed by atoms with Crippen LogP contribution >= 0.6 is 0 Å². The number of primary amides is 1. The lowest BCUT2D eigenvalue weighted by Crippen LogP contribution is -2.40. The Morgan fingerprint density at radius 1 is 1.38 bits per heavy atom. The Labute approximate surface area is 139 Å². The number of carbonyl (C=O) groups is 2. The number of nitrogens with two attached hydrogens (primary N) is 1. The van der Waals surface area contributed by atoms with E-state index >= 15 is 0 Å². The van der Waals surface area contributed by atoms with E-state index in [1.54, 1.807) is 18.6 Å². The second kappa shape index (κ2) is 6.66. The van der Waals surface area contributed by atoms with Crippen LogP contribution in [0.4, 0.5) is 10.6 Å². The van der Waals surface area contributed by atoms with Crippen molar-refractivity contribution in [2.75, 3.05) is 11.4 Å². The Hall–Kier alpha value is -2.96. The van der Waals surface area contributed by atoms with Crippen molar-refractivity contribution in [3.8, 4) is 11.1 Å². The van der Waals surface area contributed by atoms with Crippen LogP contribution in [-0.2, 0) is 17.8 Å². The van der Waals surface area contributed by atoms with Crippen molar-refractivity contribution in [1.29, 1.82) is 0 Å². The van der Waals surface area contributed by atoms with Gasteiger partial charge < -0.3 is 11.1 Å². The Morgan fingerprint density at radius 3 is 2.96 bits per heavy atom. The third kappa shape index (κ3) is 3.19. The third-order valence-electron chi connectivity index (χ3n) is 4.04. The number of fused-ring (bicyclic) bond motifs is 1. The van der Waals surface area contributed by atoms with Gasteiger partial charge in [0.1, 0.15) is 5.82 Å². The van der Waals surface area contributed by atoms with Crippen LogP contribution in [0.2, 0.25) is 0 Å². The first-order valence-corrected chi connectivity index (χ1v) is 7.80. The summed E-state index contributed by atoms with van der Waals surface area (Å²) in [5, 5.41) is 2.80. The number of urea groups is 1. The number of amides is 3. The fraction of sp³-hybridized carbons (Fsp3) is 0.294. The molecule has 2 aromatic heterocycles. The van der Waals surface area contributed by atoms with Gasteiger partial charge in [0.05, 0.1) is 0 Å². The van der Waals surface area contributed by atoms with E-state index in [1.165, 1.54) is 11.8 Å². The number of pyridine rings is 2. The molecule has 3 N–H and O–H groups in total. The first kappa shape index (κ1) is 15.9. The predicted octanol–water partition coefficient (Wildman–Crippen LogP) is 1.61. The van der Waals surface area contributed by atoms with Crippen LogP contribution in [0.25, 0.3) is 11.1 Å². The molecule has 0 aliphatic carbocycles. The van der Waals surface area contributed by atoms with Crippen molar-refractivity contribution in [1.82, 2.24) is 15.3 Å². The van der Waals surface area contributed by atoms with E-state index in [2.05, 4.69) is 15.3 Å². The molecule has 124 valence electrons. The molecule has 0 unspecified atom stereocenters. The summed E-state index contributed by atoms with van der Waals surface area (Å²) in [6, 6.07) is 3.41. The number of aromatic nitrogens is 2. The topological polar surface area (TPSA) is 101 Å². The number of aryl methyl sites for hydroxylation is 1. The van der Waals surface area contributed by atoms with Gasteiger partial charge in [0.2, 0.25) is 5.91 Å². The molecule has 0 saturated carbocycles. The quantitative estimate of drug-likeness (QED) is 0.895. The Bertz CT molecular complexity index is 790. The number of carbonyl (C=O) groups excluding carboxylic acids is 2. The number of nitrogens with one attached hydrogen (secondary N) is 1. The van der Waals surface area contributed by atoms with E-state index in [0.717, 1.165) is 35.1 Å². The van der Waals surface area contributed by atoms with Gasteiger partial charge >= 0.3 is 6.03 Å². The Kier molecular flexibility index (Phi) is 4.41. The van der Waals surface area contributed by atoms with Crippen molar-refractivity contribution >= 4 is 17.8 Å². The van der Waals surface area contributed by atoms with Crippen LogP contribution in [0.3, 0.4) is 0 Å². The second-order valence-electron chi connectivity index (χ2n) is 5.74. The molecule has 3 amide bonds. The average Bonchev–Trinajstić information content (AvgIpc) is 2.59. The lowest BCUT2D eigenvalue weighted by atomic mass is 9.98. The zero-order chi connectivity index (χ0) is 17.1. The van der Waals surface area contributed by atoms with Gasteiger partial charge in [0.15, 0.2) is 0 Å². The van der Waals surface area contributed by atoms with Gasteiger partial charge in [-0.25, -0.2) is 9.78 Å².